The van der Waals surface area contributed by atoms with Crippen molar-refractivity contribution in [3.8, 4) is 11.5 Å². The van der Waals surface area contributed by atoms with Gasteiger partial charge in [-0.05, 0) is 12.1 Å². The Balaban J connectivity index is 0.00000200. The van der Waals surface area contributed by atoms with Crippen LogP contribution in [0.4, 0.5) is 0 Å². The first-order valence-electron chi connectivity index (χ1n) is 6.02. The average Bonchev–Trinajstić information content (AvgIpc) is 2.47. The molecule has 0 saturated carbocycles. The van der Waals surface area contributed by atoms with E-state index in [9.17, 15) is 8.42 Å². The van der Waals surface area contributed by atoms with Crippen molar-refractivity contribution in [2.45, 2.75) is 4.90 Å². The van der Waals surface area contributed by atoms with Crippen LogP contribution in [0, 0.1) is 0 Å². The van der Waals surface area contributed by atoms with Crippen molar-refractivity contribution in [3.63, 3.8) is 0 Å². The third-order valence-corrected chi connectivity index (χ3v) is 4.98. The molecule has 1 N–H and O–H groups in total. The van der Waals surface area contributed by atoms with E-state index in [-0.39, 0.29) is 17.3 Å². The third kappa shape index (κ3) is 3.35. The lowest BCUT2D eigenvalue weighted by atomic mass is 10.3. The van der Waals surface area contributed by atoms with Crippen molar-refractivity contribution < 1.29 is 17.9 Å². The van der Waals surface area contributed by atoms with Gasteiger partial charge in [0.15, 0.2) is 0 Å². The monoisotopic (exact) mass is 322 g/mol. The average molecular weight is 323 g/mol. The number of hydrogen-bond acceptors (Lipinski definition) is 5. The predicted octanol–water partition coefficient (Wildman–Crippen LogP) is 0.720. The molecule has 1 fully saturated rings. The maximum atomic E-state index is 12.6. The lowest BCUT2D eigenvalue weighted by Crippen LogP contribution is -2.46. The summed E-state index contributed by atoms with van der Waals surface area (Å²) in [6.07, 6.45) is 0. The summed E-state index contributed by atoms with van der Waals surface area (Å²) in [5.41, 5.74) is 0. The molecule has 1 aromatic carbocycles. The molecule has 6 nitrogen and oxygen atoms in total. The highest BCUT2D eigenvalue weighted by Crippen LogP contribution is 2.30. The number of nitrogens with zero attached hydrogens (tertiary/aromatic N) is 1. The maximum Gasteiger partial charge on any atom is 0.246 e. The fraction of sp³-hybridized carbons (Fsp3) is 0.500. The van der Waals surface area contributed by atoms with Gasteiger partial charge < -0.3 is 14.8 Å². The van der Waals surface area contributed by atoms with E-state index in [1.807, 2.05) is 0 Å². The second-order valence-electron chi connectivity index (χ2n) is 4.17. The smallest absolute Gasteiger partial charge is 0.246 e. The molecule has 1 aromatic rings. The molecule has 0 unspecified atom stereocenters. The molecule has 20 heavy (non-hydrogen) atoms. The van der Waals surface area contributed by atoms with Crippen molar-refractivity contribution in [2.75, 3.05) is 40.4 Å². The summed E-state index contributed by atoms with van der Waals surface area (Å²) in [7, 11) is -0.589. The first-order chi connectivity index (χ1) is 9.09. The van der Waals surface area contributed by atoms with Gasteiger partial charge in [-0.25, -0.2) is 8.42 Å². The van der Waals surface area contributed by atoms with E-state index in [2.05, 4.69) is 5.32 Å². The van der Waals surface area contributed by atoms with Crippen molar-refractivity contribution in [3.05, 3.63) is 18.2 Å². The molecule has 0 radical (unpaired) electrons. The summed E-state index contributed by atoms with van der Waals surface area (Å²) in [5.74, 6) is 0.828. The normalized spacial score (nSPS) is 16.3. The number of hydrogen-bond donors (Lipinski definition) is 1. The molecule has 0 aromatic heterocycles. The van der Waals surface area contributed by atoms with Crippen molar-refractivity contribution >= 4 is 22.4 Å². The van der Waals surface area contributed by atoms with Crippen LogP contribution >= 0.6 is 12.4 Å². The van der Waals surface area contributed by atoms with Crippen LogP contribution in [0.25, 0.3) is 0 Å². The predicted molar refractivity (Wildman–Crippen MR) is 78.4 cm³/mol. The molecule has 1 heterocycles. The lowest BCUT2D eigenvalue weighted by Gasteiger charge is -2.27. The summed E-state index contributed by atoms with van der Waals surface area (Å²) >= 11 is 0. The van der Waals surface area contributed by atoms with Crippen molar-refractivity contribution in [1.82, 2.24) is 9.62 Å². The van der Waals surface area contributed by atoms with Gasteiger partial charge in [0.25, 0.3) is 0 Å². The minimum absolute atomic E-state index is 0. The number of halogens is 1. The van der Waals surface area contributed by atoms with Crippen LogP contribution in [0.1, 0.15) is 0 Å². The molecule has 1 saturated heterocycles. The Kier molecular flexibility index (Phi) is 6.07. The number of nitrogens with one attached hydrogen (secondary N) is 1. The Morgan fingerprint density at radius 3 is 2.35 bits per heavy atom. The number of benzene rings is 1. The van der Waals surface area contributed by atoms with Gasteiger partial charge in [-0.15, -0.1) is 12.4 Å². The number of rotatable bonds is 4. The molecule has 0 bridgehead atoms. The van der Waals surface area contributed by atoms with Crippen LogP contribution in [0.3, 0.4) is 0 Å². The molecule has 0 amide bonds. The number of piperazine rings is 1. The van der Waals surface area contributed by atoms with E-state index in [0.29, 0.717) is 37.7 Å². The Morgan fingerprint density at radius 2 is 1.80 bits per heavy atom. The lowest BCUT2D eigenvalue weighted by molar-refractivity contribution is 0.353. The second-order valence-corrected chi connectivity index (χ2v) is 6.08. The van der Waals surface area contributed by atoms with E-state index in [0.717, 1.165) is 0 Å². The highest BCUT2D eigenvalue weighted by atomic mass is 35.5. The molecular weight excluding hydrogens is 304 g/mol. The highest BCUT2D eigenvalue weighted by molar-refractivity contribution is 7.89. The van der Waals surface area contributed by atoms with E-state index in [1.165, 1.54) is 24.6 Å². The Bertz CT molecular complexity index is 544. The summed E-state index contributed by atoms with van der Waals surface area (Å²) in [6, 6.07) is 4.78. The summed E-state index contributed by atoms with van der Waals surface area (Å²) in [6.45, 7) is 2.24. The van der Waals surface area contributed by atoms with Crippen LogP contribution in [0.15, 0.2) is 23.1 Å². The molecule has 1 aliphatic heterocycles. The number of methoxy groups -OCH3 is 2. The molecular formula is C12H19ClN2O4S. The molecule has 0 aliphatic carbocycles. The van der Waals surface area contributed by atoms with E-state index >= 15 is 0 Å². The van der Waals surface area contributed by atoms with Crippen LogP contribution in [-0.2, 0) is 10.0 Å². The minimum atomic E-state index is -3.55. The zero-order chi connectivity index (χ0) is 13.9. The molecule has 2 rings (SSSR count). The summed E-state index contributed by atoms with van der Waals surface area (Å²) in [4.78, 5) is 0.149. The van der Waals surface area contributed by atoms with Crippen LogP contribution in [-0.4, -0.2) is 53.1 Å². The number of sulfonamides is 1. The molecule has 1 aliphatic rings. The fourth-order valence-electron chi connectivity index (χ4n) is 2.01. The first-order valence-corrected chi connectivity index (χ1v) is 7.46. The van der Waals surface area contributed by atoms with Crippen LogP contribution in [0.2, 0.25) is 0 Å². The highest BCUT2D eigenvalue weighted by Gasteiger charge is 2.29. The van der Waals surface area contributed by atoms with Gasteiger partial charge >= 0.3 is 0 Å². The van der Waals surface area contributed by atoms with Crippen molar-refractivity contribution in [1.29, 1.82) is 0 Å². The van der Waals surface area contributed by atoms with E-state index < -0.39 is 10.0 Å². The van der Waals surface area contributed by atoms with Gasteiger partial charge in [0.05, 0.1) is 14.2 Å². The standard InChI is InChI=1S/C12H18N2O4S.ClH/c1-17-10-3-4-11(18-2)12(9-10)19(15,16)14-7-5-13-6-8-14;/h3-4,9,13H,5-8H2,1-2H3;1H. The van der Waals surface area contributed by atoms with Gasteiger partial charge in [-0.2, -0.15) is 4.31 Å². The van der Waals surface area contributed by atoms with Crippen molar-refractivity contribution in [2.24, 2.45) is 0 Å². The van der Waals surface area contributed by atoms with Gasteiger partial charge in [0, 0.05) is 32.2 Å². The zero-order valence-corrected chi connectivity index (χ0v) is 13.1. The van der Waals surface area contributed by atoms with Crippen LogP contribution < -0.4 is 14.8 Å². The Labute approximate surface area is 125 Å². The Morgan fingerprint density at radius 1 is 1.15 bits per heavy atom. The topological polar surface area (TPSA) is 67.9 Å². The Hall–Kier alpha value is -1.02. The van der Waals surface area contributed by atoms with E-state index in [1.54, 1.807) is 12.1 Å². The first kappa shape index (κ1) is 17.0. The minimum Gasteiger partial charge on any atom is -0.497 e. The quantitative estimate of drug-likeness (QED) is 0.884. The van der Waals surface area contributed by atoms with Gasteiger partial charge in [-0.3, -0.25) is 0 Å². The van der Waals surface area contributed by atoms with Gasteiger partial charge in [-0.1, -0.05) is 0 Å². The van der Waals surface area contributed by atoms with Gasteiger partial charge in [0.2, 0.25) is 10.0 Å². The largest absolute Gasteiger partial charge is 0.497 e. The second kappa shape index (κ2) is 7.12. The van der Waals surface area contributed by atoms with Gasteiger partial charge in [0.1, 0.15) is 16.4 Å². The summed E-state index contributed by atoms with van der Waals surface area (Å²) < 4.78 is 36.9. The van der Waals surface area contributed by atoms with Crippen LogP contribution in [0.5, 0.6) is 11.5 Å². The molecule has 0 atom stereocenters. The SMILES string of the molecule is COc1ccc(OC)c(S(=O)(=O)N2CCNCC2)c1.Cl. The zero-order valence-electron chi connectivity index (χ0n) is 11.5. The molecule has 0 spiro atoms. The third-order valence-electron chi connectivity index (χ3n) is 3.06. The van der Waals surface area contributed by atoms with E-state index in [4.69, 9.17) is 9.47 Å². The maximum absolute atomic E-state index is 12.6. The fourth-order valence-corrected chi connectivity index (χ4v) is 3.62. The molecule has 114 valence electrons. The number of ether oxygens (including phenoxy) is 2. The molecule has 8 heteroatoms. The summed E-state index contributed by atoms with van der Waals surface area (Å²) in [5, 5.41) is 3.13.